The van der Waals surface area contributed by atoms with E-state index in [2.05, 4.69) is 25.6 Å². The molecule has 0 fully saturated rings. The molecule has 0 radical (unpaired) electrons. The van der Waals surface area contributed by atoms with E-state index in [1.165, 1.54) is 0 Å². The molecule has 1 heterocycles. The van der Waals surface area contributed by atoms with Gasteiger partial charge in [0.25, 0.3) is 10.0 Å². The Morgan fingerprint density at radius 3 is 2.50 bits per heavy atom. The zero-order chi connectivity index (χ0) is 12.2. The molecule has 0 saturated carbocycles. The van der Waals surface area contributed by atoms with Crippen LogP contribution in [0.4, 0.5) is 5.13 Å². The maximum Gasteiger partial charge on any atom is 0.271 e. The molecule has 0 aliphatic heterocycles. The minimum Gasteiger partial charge on any atom is -0.363 e. The van der Waals surface area contributed by atoms with E-state index in [0.29, 0.717) is 11.6 Å². The van der Waals surface area contributed by atoms with Gasteiger partial charge in [-0.2, -0.15) is 4.72 Å². The van der Waals surface area contributed by atoms with Crippen molar-refractivity contribution < 1.29 is 8.42 Å². The average Bonchev–Trinajstić information content (AvgIpc) is 2.75. The Labute approximate surface area is 98.7 Å². The maximum absolute atomic E-state index is 11.8. The molecule has 1 rings (SSSR count). The number of nitrogens with one attached hydrogen (secondary N) is 3. The Balaban J connectivity index is 2.85. The van der Waals surface area contributed by atoms with Crippen molar-refractivity contribution in [2.75, 3.05) is 19.4 Å². The fraction of sp³-hybridized carbons (Fsp3) is 0.714. The molecule has 0 aliphatic rings. The summed E-state index contributed by atoms with van der Waals surface area (Å²) >= 11 is 0.991. The van der Waals surface area contributed by atoms with Gasteiger partial charge in [-0.05, 0) is 13.5 Å². The SMILES string of the molecule is CCC(NC)NS(=O)(=O)c1nnc(NC)s1. The fourth-order valence-corrected chi connectivity index (χ4v) is 3.16. The molecule has 0 aliphatic carbocycles. The molecule has 1 aromatic heterocycles. The number of sulfonamides is 1. The molecule has 0 amide bonds. The van der Waals surface area contributed by atoms with Crippen LogP contribution in [0.15, 0.2) is 4.34 Å². The van der Waals surface area contributed by atoms with Crippen LogP contribution in [-0.2, 0) is 10.0 Å². The van der Waals surface area contributed by atoms with Crippen LogP contribution in [0, 0.1) is 0 Å². The Kier molecular flexibility index (Phi) is 4.59. The average molecular weight is 265 g/mol. The summed E-state index contributed by atoms with van der Waals surface area (Å²) in [6, 6.07) is 0. The summed E-state index contributed by atoms with van der Waals surface area (Å²) in [6.07, 6.45) is 0.347. The monoisotopic (exact) mass is 265 g/mol. The second-order valence-corrected chi connectivity index (χ2v) is 5.86. The molecule has 0 aromatic carbocycles. The lowest BCUT2D eigenvalue weighted by Gasteiger charge is -2.14. The Hall–Kier alpha value is -0.770. The summed E-state index contributed by atoms with van der Waals surface area (Å²) in [6.45, 7) is 1.88. The van der Waals surface area contributed by atoms with Crippen molar-refractivity contribution in [3.8, 4) is 0 Å². The van der Waals surface area contributed by atoms with Crippen molar-refractivity contribution in [3.05, 3.63) is 0 Å². The minimum absolute atomic E-state index is 0.0365. The number of hydrogen-bond acceptors (Lipinski definition) is 7. The van der Waals surface area contributed by atoms with E-state index in [0.717, 1.165) is 11.3 Å². The predicted molar refractivity (Wildman–Crippen MR) is 62.9 cm³/mol. The van der Waals surface area contributed by atoms with Gasteiger partial charge in [-0.3, -0.25) is 0 Å². The summed E-state index contributed by atoms with van der Waals surface area (Å²) < 4.78 is 26.1. The molecule has 9 heteroatoms. The number of hydrogen-bond donors (Lipinski definition) is 3. The first-order chi connectivity index (χ1) is 7.53. The van der Waals surface area contributed by atoms with Gasteiger partial charge in [-0.1, -0.05) is 18.3 Å². The van der Waals surface area contributed by atoms with Gasteiger partial charge in [0.2, 0.25) is 9.47 Å². The first-order valence-corrected chi connectivity index (χ1v) is 7.04. The Morgan fingerprint density at radius 1 is 1.38 bits per heavy atom. The summed E-state index contributed by atoms with van der Waals surface area (Å²) in [7, 11) is -0.231. The van der Waals surface area contributed by atoms with E-state index in [4.69, 9.17) is 0 Å². The third-order valence-corrected chi connectivity index (χ3v) is 4.68. The van der Waals surface area contributed by atoms with Crippen LogP contribution in [0.1, 0.15) is 13.3 Å². The first-order valence-electron chi connectivity index (χ1n) is 4.74. The molecule has 1 aromatic rings. The zero-order valence-corrected chi connectivity index (χ0v) is 10.9. The van der Waals surface area contributed by atoms with Gasteiger partial charge in [-0.25, -0.2) is 8.42 Å². The topological polar surface area (TPSA) is 96.0 Å². The maximum atomic E-state index is 11.8. The summed E-state index contributed by atoms with van der Waals surface area (Å²) in [5.74, 6) is 0. The highest BCUT2D eigenvalue weighted by Crippen LogP contribution is 2.19. The molecular formula is C7H15N5O2S2. The minimum atomic E-state index is -3.58. The van der Waals surface area contributed by atoms with Crippen LogP contribution in [0.25, 0.3) is 0 Å². The van der Waals surface area contributed by atoms with E-state index < -0.39 is 10.0 Å². The normalized spacial score (nSPS) is 13.7. The summed E-state index contributed by atoms with van der Waals surface area (Å²) in [4.78, 5) is 0. The molecular weight excluding hydrogens is 250 g/mol. The standard InChI is InChI=1S/C7H15N5O2S2/c1-4-5(8-2)12-16(13,14)7-11-10-6(9-3)15-7/h5,8,12H,4H2,1-3H3,(H,9,10). The van der Waals surface area contributed by atoms with E-state index in [1.807, 2.05) is 6.92 Å². The van der Waals surface area contributed by atoms with Crippen molar-refractivity contribution in [1.29, 1.82) is 0 Å². The van der Waals surface area contributed by atoms with Crippen LogP contribution in [0.3, 0.4) is 0 Å². The smallest absolute Gasteiger partial charge is 0.271 e. The lowest BCUT2D eigenvalue weighted by Crippen LogP contribution is -2.43. The third kappa shape index (κ3) is 3.11. The lowest BCUT2D eigenvalue weighted by molar-refractivity contribution is 0.496. The molecule has 1 atom stereocenters. The zero-order valence-electron chi connectivity index (χ0n) is 9.31. The van der Waals surface area contributed by atoms with E-state index in [-0.39, 0.29) is 10.5 Å². The molecule has 92 valence electrons. The largest absolute Gasteiger partial charge is 0.363 e. The number of anilines is 1. The van der Waals surface area contributed by atoms with Crippen LogP contribution in [-0.4, -0.2) is 38.9 Å². The second-order valence-electron chi connectivity index (χ2n) is 2.99. The molecule has 16 heavy (non-hydrogen) atoms. The lowest BCUT2D eigenvalue weighted by atomic mass is 10.4. The fourth-order valence-electron chi connectivity index (χ4n) is 1.00. The van der Waals surface area contributed by atoms with Crippen molar-refractivity contribution in [3.63, 3.8) is 0 Å². The van der Waals surface area contributed by atoms with E-state index in [1.54, 1.807) is 14.1 Å². The van der Waals surface area contributed by atoms with Crippen LogP contribution < -0.4 is 15.4 Å². The van der Waals surface area contributed by atoms with Crippen molar-refractivity contribution in [1.82, 2.24) is 20.2 Å². The van der Waals surface area contributed by atoms with Crippen LogP contribution in [0.5, 0.6) is 0 Å². The van der Waals surface area contributed by atoms with Gasteiger partial charge in [0.1, 0.15) is 0 Å². The van der Waals surface area contributed by atoms with Gasteiger partial charge in [0.15, 0.2) is 0 Å². The van der Waals surface area contributed by atoms with Crippen molar-refractivity contribution in [2.24, 2.45) is 0 Å². The second kappa shape index (κ2) is 5.53. The highest BCUT2D eigenvalue weighted by atomic mass is 32.2. The quantitative estimate of drug-likeness (QED) is 0.617. The number of rotatable bonds is 6. The summed E-state index contributed by atoms with van der Waals surface area (Å²) in [5, 5.41) is 13.3. The molecule has 1 unspecified atom stereocenters. The molecule has 0 bridgehead atoms. The van der Waals surface area contributed by atoms with Gasteiger partial charge < -0.3 is 10.6 Å². The highest BCUT2D eigenvalue weighted by Gasteiger charge is 2.22. The molecule has 0 spiro atoms. The van der Waals surface area contributed by atoms with E-state index in [9.17, 15) is 8.42 Å². The Morgan fingerprint density at radius 2 is 2.06 bits per heavy atom. The number of nitrogens with zero attached hydrogens (tertiary/aromatic N) is 2. The van der Waals surface area contributed by atoms with E-state index >= 15 is 0 Å². The molecule has 0 saturated heterocycles. The van der Waals surface area contributed by atoms with Gasteiger partial charge in [0.05, 0.1) is 6.17 Å². The predicted octanol–water partition coefficient (Wildman–Crippen LogP) is -0.186. The van der Waals surface area contributed by atoms with Gasteiger partial charge in [-0.15, -0.1) is 10.2 Å². The van der Waals surface area contributed by atoms with Gasteiger partial charge in [0, 0.05) is 7.05 Å². The van der Waals surface area contributed by atoms with Crippen molar-refractivity contribution in [2.45, 2.75) is 23.8 Å². The van der Waals surface area contributed by atoms with Crippen LogP contribution >= 0.6 is 11.3 Å². The first kappa shape index (κ1) is 13.3. The van der Waals surface area contributed by atoms with Crippen molar-refractivity contribution >= 4 is 26.5 Å². The highest BCUT2D eigenvalue weighted by molar-refractivity contribution is 7.91. The summed E-state index contributed by atoms with van der Waals surface area (Å²) in [5.41, 5.74) is 0. The molecule has 3 N–H and O–H groups in total. The number of aromatic nitrogens is 2. The Bertz CT molecular complexity index is 426. The van der Waals surface area contributed by atoms with Crippen LogP contribution in [0.2, 0.25) is 0 Å². The third-order valence-electron chi connectivity index (χ3n) is 1.90. The molecule has 7 nitrogen and oxygen atoms in total. The van der Waals surface area contributed by atoms with Gasteiger partial charge >= 0.3 is 0 Å².